The van der Waals surface area contributed by atoms with Crippen molar-refractivity contribution in [1.29, 1.82) is 0 Å². The lowest BCUT2D eigenvalue weighted by Gasteiger charge is -2.11. The summed E-state index contributed by atoms with van der Waals surface area (Å²) in [4.78, 5) is 12.9. The van der Waals surface area contributed by atoms with E-state index >= 15 is 0 Å². The summed E-state index contributed by atoms with van der Waals surface area (Å²) >= 11 is 7.65. The van der Waals surface area contributed by atoms with Crippen LogP contribution in [0.2, 0.25) is 5.02 Å². The molecule has 0 atom stereocenters. The first-order valence-electron chi connectivity index (χ1n) is 9.61. The molecule has 0 unspecified atom stereocenters. The Labute approximate surface area is 193 Å². The lowest BCUT2D eigenvalue weighted by atomic mass is 10.1. The fraction of sp³-hybridized carbons (Fsp3) is 0.0833. The van der Waals surface area contributed by atoms with Crippen molar-refractivity contribution in [2.75, 3.05) is 7.11 Å². The molecule has 5 nitrogen and oxygen atoms in total. The molecule has 4 aromatic rings. The van der Waals surface area contributed by atoms with Gasteiger partial charge in [0.1, 0.15) is 17.2 Å². The zero-order valence-electron chi connectivity index (χ0n) is 17.0. The van der Waals surface area contributed by atoms with Crippen LogP contribution in [0.15, 0.2) is 71.8 Å². The number of carbonyl (C=O) groups is 1. The van der Waals surface area contributed by atoms with Gasteiger partial charge in [0, 0.05) is 15.6 Å². The molecule has 0 saturated heterocycles. The number of hydrogen-bond donors (Lipinski definition) is 1. The topological polar surface area (TPSA) is 59.9 Å². The van der Waals surface area contributed by atoms with Gasteiger partial charge in [0.15, 0.2) is 11.6 Å². The van der Waals surface area contributed by atoms with Crippen molar-refractivity contribution < 1.29 is 18.7 Å². The summed E-state index contributed by atoms with van der Waals surface area (Å²) in [7, 11) is 1.55. The van der Waals surface area contributed by atoms with Crippen molar-refractivity contribution in [3.05, 3.63) is 93.6 Å². The second-order valence-corrected chi connectivity index (χ2v) is 8.16. The van der Waals surface area contributed by atoms with E-state index in [1.807, 2.05) is 24.3 Å². The monoisotopic (exact) mass is 468 g/mol. The molecule has 1 heterocycles. The normalized spacial score (nSPS) is 11.1. The molecule has 0 radical (unpaired) electrons. The van der Waals surface area contributed by atoms with Gasteiger partial charge in [-0.1, -0.05) is 41.9 Å². The zero-order chi connectivity index (χ0) is 22.5. The van der Waals surface area contributed by atoms with E-state index in [1.165, 1.54) is 23.6 Å². The third-order valence-electron chi connectivity index (χ3n) is 4.65. The number of hydrazone groups is 1. The quantitative estimate of drug-likeness (QED) is 0.265. The van der Waals surface area contributed by atoms with Crippen molar-refractivity contribution in [1.82, 2.24) is 5.43 Å². The van der Waals surface area contributed by atoms with Gasteiger partial charge in [0.2, 0.25) is 0 Å². The van der Waals surface area contributed by atoms with E-state index in [2.05, 4.69) is 10.5 Å². The minimum absolute atomic E-state index is 0.107. The number of thiophene rings is 1. The van der Waals surface area contributed by atoms with Gasteiger partial charge in [-0.3, -0.25) is 4.79 Å². The van der Waals surface area contributed by atoms with E-state index in [0.717, 1.165) is 10.1 Å². The van der Waals surface area contributed by atoms with Crippen LogP contribution in [0.3, 0.4) is 0 Å². The van der Waals surface area contributed by atoms with E-state index in [-0.39, 0.29) is 18.3 Å². The Bertz CT molecular complexity index is 1310. The van der Waals surface area contributed by atoms with Crippen LogP contribution in [-0.4, -0.2) is 19.2 Å². The van der Waals surface area contributed by atoms with Gasteiger partial charge >= 0.3 is 0 Å². The molecule has 4 rings (SSSR count). The Morgan fingerprint density at radius 2 is 1.91 bits per heavy atom. The van der Waals surface area contributed by atoms with E-state index in [4.69, 9.17) is 21.1 Å². The average Bonchev–Trinajstić information content (AvgIpc) is 3.15. The van der Waals surface area contributed by atoms with Gasteiger partial charge in [-0.05, 0) is 42.0 Å². The highest BCUT2D eigenvalue weighted by Crippen LogP contribution is 2.35. The van der Waals surface area contributed by atoms with Crippen LogP contribution in [0, 0.1) is 5.82 Å². The van der Waals surface area contributed by atoms with Crippen LogP contribution in [0.4, 0.5) is 4.39 Å². The molecule has 1 N–H and O–H groups in total. The number of fused-ring (bicyclic) bond motifs is 1. The Kier molecular flexibility index (Phi) is 6.68. The number of nitrogens with zero attached hydrogens (tertiary/aromatic N) is 1. The molecular weight excluding hydrogens is 451 g/mol. The first kappa shape index (κ1) is 21.8. The Balaban J connectivity index is 1.46. The molecule has 1 amide bonds. The minimum atomic E-state index is -0.438. The number of halogens is 2. The number of carbonyl (C=O) groups excluding carboxylic acids is 1. The van der Waals surface area contributed by atoms with E-state index < -0.39 is 5.82 Å². The smallest absolute Gasteiger partial charge is 0.283 e. The first-order valence-corrected chi connectivity index (χ1v) is 10.8. The molecule has 8 heteroatoms. The maximum Gasteiger partial charge on any atom is 0.283 e. The minimum Gasteiger partial charge on any atom is -0.496 e. The molecule has 0 aliphatic carbocycles. The maximum absolute atomic E-state index is 13.8. The lowest BCUT2D eigenvalue weighted by Crippen LogP contribution is -2.16. The summed E-state index contributed by atoms with van der Waals surface area (Å²) in [5.74, 6) is -0.0726. The average molecular weight is 469 g/mol. The molecule has 1 aromatic heterocycles. The SMILES string of the molecule is COc1ccc(/C=N/NC(=O)c2sc3ccccc3c2Cl)cc1COc1ccccc1F. The number of ether oxygens (including phenoxy) is 2. The Morgan fingerprint density at radius 1 is 1.12 bits per heavy atom. The van der Waals surface area contributed by atoms with E-state index in [9.17, 15) is 9.18 Å². The van der Waals surface area contributed by atoms with Crippen LogP contribution in [-0.2, 0) is 6.61 Å². The zero-order valence-corrected chi connectivity index (χ0v) is 18.5. The largest absolute Gasteiger partial charge is 0.496 e. The van der Waals surface area contributed by atoms with Gasteiger partial charge in [-0.2, -0.15) is 5.10 Å². The van der Waals surface area contributed by atoms with Gasteiger partial charge in [0.25, 0.3) is 5.91 Å². The van der Waals surface area contributed by atoms with Gasteiger partial charge in [-0.15, -0.1) is 11.3 Å². The lowest BCUT2D eigenvalue weighted by molar-refractivity contribution is 0.0959. The van der Waals surface area contributed by atoms with Crippen LogP contribution in [0.5, 0.6) is 11.5 Å². The third-order valence-corrected chi connectivity index (χ3v) is 6.32. The molecule has 162 valence electrons. The molecule has 0 spiro atoms. The predicted molar refractivity (Wildman–Crippen MR) is 126 cm³/mol. The Morgan fingerprint density at radius 3 is 2.69 bits per heavy atom. The maximum atomic E-state index is 13.8. The fourth-order valence-electron chi connectivity index (χ4n) is 3.09. The summed E-state index contributed by atoms with van der Waals surface area (Å²) < 4.78 is 25.7. The van der Waals surface area contributed by atoms with Crippen molar-refractivity contribution in [3.63, 3.8) is 0 Å². The standard InChI is InChI=1S/C24H18ClFN2O3S/c1-30-19-11-10-15(12-16(19)14-31-20-8-4-3-7-18(20)26)13-27-28-24(29)23-22(25)17-6-2-5-9-21(17)32-23/h2-13H,14H2,1H3,(H,28,29)/b27-13+. The second-order valence-electron chi connectivity index (χ2n) is 6.73. The summed E-state index contributed by atoms with van der Waals surface area (Å²) in [5.41, 5.74) is 3.92. The first-order chi connectivity index (χ1) is 15.6. The molecule has 3 aromatic carbocycles. The molecule has 0 bridgehead atoms. The molecule has 0 saturated carbocycles. The van der Waals surface area contributed by atoms with Crippen LogP contribution >= 0.6 is 22.9 Å². The number of amides is 1. The highest BCUT2D eigenvalue weighted by molar-refractivity contribution is 7.21. The summed E-state index contributed by atoms with van der Waals surface area (Å²) in [6, 6.07) is 19.1. The predicted octanol–water partition coefficient (Wildman–Crippen LogP) is 6.05. The fourth-order valence-corrected chi connectivity index (χ4v) is 4.49. The van der Waals surface area contributed by atoms with Crippen LogP contribution in [0.1, 0.15) is 20.8 Å². The van der Waals surface area contributed by atoms with Crippen molar-refractivity contribution in [2.24, 2.45) is 5.10 Å². The number of benzene rings is 3. The highest BCUT2D eigenvalue weighted by atomic mass is 35.5. The summed E-state index contributed by atoms with van der Waals surface area (Å²) in [6.07, 6.45) is 1.51. The summed E-state index contributed by atoms with van der Waals surface area (Å²) in [5, 5.41) is 5.29. The van der Waals surface area contributed by atoms with Crippen LogP contribution < -0.4 is 14.9 Å². The Hall–Kier alpha value is -3.42. The third kappa shape index (κ3) is 4.74. The molecule has 0 fully saturated rings. The van der Waals surface area contributed by atoms with Crippen molar-refractivity contribution in [3.8, 4) is 11.5 Å². The van der Waals surface area contributed by atoms with Gasteiger partial charge in [0.05, 0.1) is 18.3 Å². The van der Waals surface area contributed by atoms with E-state index in [0.29, 0.717) is 26.8 Å². The number of nitrogens with one attached hydrogen (secondary N) is 1. The van der Waals surface area contributed by atoms with Crippen molar-refractivity contribution in [2.45, 2.75) is 6.61 Å². The van der Waals surface area contributed by atoms with Crippen LogP contribution in [0.25, 0.3) is 10.1 Å². The van der Waals surface area contributed by atoms with Gasteiger partial charge < -0.3 is 9.47 Å². The molecular formula is C24H18ClFN2O3S. The van der Waals surface area contributed by atoms with Crippen molar-refractivity contribution >= 4 is 45.1 Å². The molecule has 0 aliphatic heterocycles. The second kappa shape index (κ2) is 9.80. The number of para-hydroxylation sites is 1. The molecule has 32 heavy (non-hydrogen) atoms. The van der Waals surface area contributed by atoms with Gasteiger partial charge in [-0.25, -0.2) is 9.82 Å². The number of methoxy groups -OCH3 is 1. The number of hydrogen-bond acceptors (Lipinski definition) is 5. The highest BCUT2D eigenvalue weighted by Gasteiger charge is 2.16. The summed E-state index contributed by atoms with van der Waals surface area (Å²) in [6.45, 7) is 0.107. The molecule has 0 aliphatic rings. The van der Waals surface area contributed by atoms with E-state index in [1.54, 1.807) is 43.5 Å². The number of rotatable bonds is 7.